The van der Waals surface area contributed by atoms with Crippen LogP contribution in [0.2, 0.25) is 0 Å². The van der Waals surface area contributed by atoms with Gasteiger partial charge in [0.2, 0.25) is 5.91 Å². The van der Waals surface area contributed by atoms with Crippen molar-refractivity contribution in [3.05, 3.63) is 59.5 Å². The van der Waals surface area contributed by atoms with E-state index in [1.807, 2.05) is 7.05 Å². The summed E-state index contributed by atoms with van der Waals surface area (Å²) in [7, 11) is 1.85. The van der Waals surface area contributed by atoms with E-state index in [9.17, 15) is 9.59 Å². The monoisotopic (exact) mass is 340 g/mol. The molecule has 1 aliphatic rings. The van der Waals surface area contributed by atoms with E-state index in [0.29, 0.717) is 38.2 Å². The molecular formula is C20H24N2O3. The first-order chi connectivity index (χ1) is 12.0. The number of nitrogens with zero attached hydrogens (tertiary/aromatic N) is 2. The summed E-state index contributed by atoms with van der Waals surface area (Å²) in [5.41, 5.74) is 2.35. The van der Waals surface area contributed by atoms with Gasteiger partial charge in [0.25, 0.3) is 5.91 Å². The molecule has 3 rings (SSSR count). The Morgan fingerprint density at radius 2 is 1.84 bits per heavy atom. The van der Waals surface area contributed by atoms with Crippen LogP contribution >= 0.6 is 0 Å². The van der Waals surface area contributed by atoms with Gasteiger partial charge in [-0.1, -0.05) is 29.8 Å². The van der Waals surface area contributed by atoms with E-state index in [1.54, 1.807) is 21.9 Å². The molecule has 1 aliphatic heterocycles. The van der Waals surface area contributed by atoms with Gasteiger partial charge in [0.15, 0.2) is 5.76 Å². The predicted molar refractivity (Wildman–Crippen MR) is 95.0 cm³/mol. The lowest BCUT2D eigenvalue weighted by Crippen LogP contribution is -2.43. The summed E-state index contributed by atoms with van der Waals surface area (Å²) >= 11 is 0. The van der Waals surface area contributed by atoms with Crippen molar-refractivity contribution in [2.75, 3.05) is 20.1 Å². The summed E-state index contributed by atoms with van der Waals surface area (Å²) in [6, 6.07) is 11.6. The smallest absolute Gasteiger partial charge is 0.289 e. The van der Waals surface area contributed by atoms with Crippen molar-refractivity contribution in [2.24, 2.45) is 5.92 Å². The van der Waals surface area contributed by atoms with E-state index in [2.05, 4.69) is 31.2 Å². The van der Waals surface area contributed by atoms with E-state index in [4.69, 9.17) is 4.42 Å². The molecule has 0 unspecified atom stereocenters. The van der Waals surface area contributed by atoms with E-state index in [1.165, 1.54) is 11.8 Å². The number of carbonyl (C=O) groups excluding carboxylic acids is 2. The first kappa shape index (κ1) is 17.3. The first-order valence-corrected chi connectivity index (χ1v) is 8.68. The number of piperidine rings is 1. The number of hydrogen-bond donors (Lipinski definition) is 0. The highest BCUT2D eigenvalue weighted by molar-refractivity contribution is 5.91. The van der Waals surface area contributed by atoms with Gasteiger partial charge in [0, 0.05) is 32.6 Å². The minimum absolute atomic E-state index is 0.0175. The Morgan fingerprint density at radius 3 is 2.44 bits per heavy atom. The van der Waals surface area contributed by atoms with Crippen LogP contribution in [0.4, 0.5) is 0 Å². The molecule has 0 atom stereocenters. The third-order valence-corrected chi connectivity index (χ3v) is 4.78. The third kappa shape index (κ3) is 4.10. The molecule has 0 radical (unpaired) electrons. The molecule has 1 saturated heterocycles. The molecule has 0 saturated carbocycles. The Morgan fingerprint density at radius 1 is 1.16 bits per heavy atom. The van der Waals surface area contributed by atoms with Gasteiger partial charge >= 0.3 is 0 Å². The van der Waals surface area contributed by atoms with E-state index < -0.39 is 0 Å². The van der Waals surface area contributed by atoms with Gasteiger partial charge < -0.3 is 14.2 Å². The Balaban J connectivity index is 1.52. The van der Waals surface area contributed by atoms with Crippen molar-refractivity contribution < 1.29 is 14.0 Å². The first-order valence-electron chi connectivity index (χ1n) is 8.68. The van der Waals surface area contributed by atoms with Crippen LogP contribution in [-0.4, -0.2) is 41.8 Å². The Kier molecular flexibility index (Phi) is 5.22. The van der Waals surface area contributed by atoms with Crippen molar-refractivity contribution in [3.63, 3.8) is 0 Å². The van der Waals surface area contributed by atoms with Crippen LogP contribution in [0.15, 0.2) is 47.1 Å². The average molecular weight is 340 g/mol. The number of benzene rings is 1. The molecule has 132 valence electrons. The van der Waals surface area contributed by atoms with E-state index in [0.717, 1.165) is 5.56 Å². The molecule has 2 aromatic rings. The van der Waals surface area contributed by atoms with Gasteiger partial charge in [0.1, 0.15) is 0 Å². The Bertz CT molecular complexity index is 714. The quantitative estimate of drug-likeness (QED) is 0.859. The molecule has 2 amide bonds. The number of hydrogen-bond acceptors (Lipinski definition) is 3. The van der Waals surface area contributed by atoms with E-state index in [-0.39, 0.29) is 17.7 Å². The van der Waals surface area contributed by atoms with Crippen molar-refractivity contribution in [3.8, 4) is 0 Å². The van der Waals surface area contributed by atoms with Gasteiger partial charge in [-0.2, -0.15) is 0 Å². The molecule has 1 fully saturated rings. The third-order valence-electron chi connectivity index (χ3n) is 4.78. The minimum Gasteiger partial charge on any atom is -0.459 e. The lowest BCUT2D eigenvalue weighted by molar-refractivity contribution is -0.136. The number of rotatable bonds is 4. The summed E-state index contributed by atoms with van der Waals surface area (Å²) < 4.78 is 5.17. The largest absolute Gasteiger partial charge is 0.459 e. The molecule has 0 N–H and O–H groups in total. The van der Waals surface area contributed by atoms with E-state index >= 15 is 0 Å². The van der Waals surface area contributed by atoms with Gasteiger partial charge in [-0.05, 0) is 37.5 Å². The Hall–Kier alpha value is -2.56. The number of carbonyl (C=O) groups is 2. The predicted octanol–water partition coefficient (Wildman–Crippen LogP) is 3.10. The second-order valence-electron chi connectivity index (χ2n) is 6.72. The normalized spacial score (nSPS) is 15.2. The summed E-state index contributed by atoms with van der Waals surface area (Å²) in [5, 5.41) is 0. The van der Waals surface area contributed by atoms with Gasteiger partial charge in [-0.15, -0.1) is 0 Å². The average Bonchev–Trinajstić information content (AvgIpc) is 3.17. The zero-order chi connectivity index (χ0) is 17.8. The lowest BCUT2D eigenvalue weighted by atomic mass is 9.95. The van der Waals surface area contributed by atoms with Crippen LogP contribution in [-0.2, 0) is 11.3 Å². The highest BCUT2D eigenvalue weighted by atomic mass is 16.3. The molecule has 5 heteroatoms. The minimum atomic E-state index is -0.0936. The molecule has 0 spiro atoms. The molecule has 25 heavy (non-hydrogen) atoms. The van der Waals surface area contributed by atoms with Gasteiger partial charge in [0.05, 0.1) is 6.26 Å². The van der Waals surface area contributed by atoms with Crippen molar-refractivity contribution in [1.82, 2.24) is 9.80 Å². The molecule has 0 aliphatic carbocycles. The summed E-state index contributed by atoms with van der Waals surface area (Å²) in [6.07, 6.45) is 2.90. The highest BCUT2D eigenvalue weighted by Crippen LogP contribution is 2.22. The fourth-order valence-corrected chi connectivity index (χ4v) is 3.24. The standard InChI is InChI=1S/C20H24N2O3/c1-15-5-7-16(8-6-15)14-21(2)19(23)17-9-11-22(12-10-17)20(24)18-4-3-13-25-18/h3-8,13,17H,9-12,14H2,1-2H3. The van der Waals surface area contributed by atoms with Crippen LogP contribution in [0.1, 0.15) is 34.5 Å². The molecule has 2 heterocycles. The summed E-state index contributed by atoms with van der Waals surface area (Å²) in [5.74, 6) is 0.409. The van der Waals surface area contributed by atoms with Gasteiger partial charge in [-0.25, -0.2) is 0 Å². The van der Waals surface area contributed by atoms with Crippen LogP contribution in [0.5, 0.6) is 0 Å². The molecule has 1 aromatic carbocycles. The molecule has 0 bridgehead atoms. The van der Waals surface area contributed by atoms with Crippen molar-refractivity contribution >= 4 is 11.8 Å². The zero-order valence-electron chi connectivity index (χ0n) is 14.8. The molecule has 5 nitrogen and oxygen atoms in total. The Labute approximate surface area is 148 Å². The van der Waals surface area contributed by atoms with Crippen molar-refractivity contribution in [1.29, 1.82) is 0 Å². The highest BCUT2D eigenvalue weighted by Gasteiger charge is 2.30. The number of aryl methyl sites for hydroxylation is 1. The van der Waals surface area contributed by atoms with Crippen LogP contribution in [0.25, 0.3) is 0 Å². The second-order valence-corrected chi connectivity index (χ2v) is 6.72. The molecule has 1 aromatic heterocycles. The summed E-state index contributed by atoms with van der Waals surface area (Å²) in [4.78, 5) is 28.5. The maximum Gasteiger partial charge on any atom is 0.289 e. The fraction of sp³-hybridized carbons (Fsp3) is 0.400. The maximum absolute atomic E-state index is 12.7. The number of likely N-dealkylation sites (tertiary alicyclic amines) is 1. The zero-order valence-corrected chi connectivity index (χ0v) is 14.8. The topological polar surface area (TPSA) is 53.8 Å². The second kappa shape index (κ2) is 7.55. The molecular weight excluding hydrogens is 316 g/mol. The SMILES string of the molecule is Cc1ccc(CN(C)C(=O)C2CCN(C(=O)c3ccco3)CC2)cc1. The maximum atomic E-state index is 12.7. The number of furan rings is 1. The van der Waals surface area contributed by atoms with Crippen LogP contribution in [0.3, 0.4) is 0 Å². The van der Waals surface area contributed by atoms with Gasteiger partial charge in [-0.3, -0.25) is 9.59 Å². The van der Waals surface area contributed by atoms with Crippen molar-refractivity contribution in [2.45, 2.75) is 26.3 Å². The fourth-order valence-electron chi connectivity index (χ4n) is 3.24. The number of amides is 2. The van der Waals surface area contributed by atoms with Crippen LogP contribution in [0, 0.1) is 12.8 Å². The summed E-state index contributed by atoms with van der Waals surface area (Å²) in [6.45, 7) is 3.85. The lowest BCUT2D eigenvalue weighted by Gasteiger charge is -2.32. The van der Waals surface area contributed by atoms with Crippen LogP contribution < -0.4 is 0 Å².